The summed E-state index contributed by atoms with van der Waals surface area (Å²) >= 11 is 0. The van der Waals surface area contributed by atoms with E-state index in [9.17, 15) is 4.39 Å². The molecule has 1 aliphatic heterocycles. The second-order valence-corrected chi connectivity index (χ2v) is 7.57. The van der Waals surface area contributed by atoms with Crippen molar-refractivity contribution >= 4 is 5.69 Å². The molecule has 0 saturated carbocycles. The molecule has 1 aromatic rings. The molecule has 0 aliphatic carbocycles. The Hall–Kier alpha value is -1.09. The van der Waals surface area contributed by atoms with Crippen molar-refractivity contribution in [3.63, 3.8) is 0 Å². The van der Waals surface area contributed by atoms with Gasteiger partial charge in [0.05, 0.1) is 0 Å². The summed E-state index contributed by atoms with van der Waals surface area (Å²) in [4.78, 5) is 2.42. The van der Waals surface area contributed by atoms with Gasteiger partial charge in [0.1, 0.15) is 5.82 Å². The highest BCUT2D eigenvalue weighted by molar-refractivity contribution is 5.54. The fourth-order valence-corrected chi connectivity index (χ4v) is 2.85. The van der Waals surface area contributed by atoms with Crippen molar-refractivity contribution in [2.24, 2.45) is 11.8 Å². The lowest BCUT2D eigenvalue weighted by molar-refractivity contribution is 0.323. The largest absolute Gasteiger partial charge is 0.371 e. The van der Waals surface area contributed by atoms with Gasteiger partial charge < -0.3 is 10.2 Å². The summed E-state index contributed by atoms with van der Waals surface area (Å²) in [7, 11) is 0. The molecule has 0 amide bonds. The maximum Gasteiger partial charge on any atom is 0.123 e. The molecule has 0 spiro atoms. The van der Waals surface area contributed by atoms with E-state index in [1.165, 1.54) is 12.1 Å². The SMILES string of the molecule is CC1CCN(c2ccc(F)cc2CNC(C)(C)C)CC1C. The van der Waals surface area contributed by atoms with Crippen LogP contribution in [0, 0.1) is 17.7 Å². The molecule has 2 rings (SSSR count). The van der Waals surface area contributed by atoms with Gasteiger partial charge in [0.25, 0.3) is 0 Å². The number of halogens is 1. The van der Waals surface area contributed by atoms with Gasteiger partial charge in [-0.05, 0) is 62.8 Å². The molecular formula is C18H29FN2. The molecule has 118 valence electrons. The smallest absolute Gasteiger partial charge is 0.123 e. The second kappa shape index (κ2) is 6.35. The molecule has 2 atom stereocenters. The van der Waals surface area contributed by atoms with Crippen LogP contribution in [0.3, 0.4) is 0 Å². The highest BCUT2D eigenvalue weighted by atomic mass is 19.1. The molecule has 2 nitrogen and oxygen atoms in total. The van der Waals surface area contributed by atoms with Crippen LogP contribution in [0.2, 0.25) is 0 Å². The van der Waals surface area contributed by atoms with Crippen molar-refractivity contribution in [3.8, 4) is 0 Å². The molecule has 1 N–H and O–H groups in total. The summed E-state index contributed by atoms with van der Waals surface area (Å²) in [5.74, 6) is 1.31. The number of piperidine rings is 1. The Morgan fingerprint density at radius 1 is 1.24 bits per heavy atom. The first kappa shape index (κ1) is 16.3. The average molecular weight is 292 g/mol. The van der Waals surface area contributed by atoms with E-state index in [1.54, 1.807) is 12.1 Å². The molecule has 0 radical (unpaired) electrons. The van der Waals surface area contributed by atoms with E-state index in [4.69, 9.17) is 0 Å². The van der Waals surface area contributed by atoms with Gasteiger partial charge in [0, 0.05) is 30.9 Å². The molecule has 1 aromatic carbocycles. The van der Waals surface area contributed by atoms with Gasteiger partial charge in [-0.3, -0.25) is 0 Å². The van der Waals surface area contributed by atoms with E-state index in [0.717, 1.165) is 24.6 Å². The fraction of sp³-hybridized carbons (Fsp3) is 0.667. The van der Waals surface area contributed by atoms with Crippen LogP contribution in [0.15, 0.2) is 18.2 Å². The molecule has 21 heavy (non-hydrogen) atoms. The van der Waals surface area contributed by atoms with Gasteiger partial charge in [-0.25, -0.2) is 4.39 Å². The topological polar surface area (TPSA) is 15.3 Å². The van der Waals surface area contributed by atoms with Crippen LogP contribution in [0.4, 0.5) is 10.1 Å². The minimum absolute atomic E-state index is 0.0350. The Bertz CT molecular complexity index is 479. The van der Waals surface area contributed by atoms with E-state index in [-0.39, 0.29) is 11.4 Å². The first-order chi connectivity index (χ1) is 9.76. The van der Waals surface area contributed by atoms with Crippen LogP contribution in [0.25, 0.3) is 0 Å². The van der Waals surface area contributed by atoms with Crippen LogP contribution < -0.4 is 10.2 Å². The molecule has 1 aliphatic rings. The van der Waals surface area contributed by atoms with Crippen molar-refractivity contribution in [2.75, 3.05) is 18.0 Å². The van der Waals surface area contributed by atoms with Gasteiger partial charge >= 0.3 is 0 Å². The Labute approximate surface area is 128 Å². The molecular weight excluding hydrogens is 263 g/mol. The number of nitrogens with one attached hydrogen (secondary N) is 1. The molecule has 1 fully saturated rings. The first-order valence-electron chi connectivity index (χ1n) is 8.04. The molecule has 1 saturated heterocycles. The zero-order valence-electron chi connectivity index (χ0n) is 14.0. The number of benzene rings is 1. The lowest BCUT2D eigenvalue weighted by Gasteiger charge is -2.38. The molecule has 0 aromatic heterocycles. The number of nitrogens with zero attached hydrogens (tertiary/aromatic N) is 1. The van der Waals surface area contributed by atoms with Crippen LogP contribution in [0.5, 0.6) is 0 Å². The third-order valence-corrected chi connectivity index (χ3v) is 4.53. The highest BCUT2D eigenvalue weighted by Crippen LogP contribution is 2.30. The summed E-state index contributed by atoms with van der Waals surface area (Å²) in [5, 5.41) is 3.47. The lowest BCUT2D eigenvalue weighted by Crippen LogP contribution is -2.40. The highest BCUT2D eigenvalue weighted by Gasteiger charge is 2.24. The standard InChI is InChI=1S/C18H29FN2/c1-13-8-9-21(12-14(13)2)17-7-6-16(19)10-15(17)11-20-18(3,4)5/h6-7,10,13-14,20H,8-9,11-12H2,1-5H3. The zero-order chi connectivity index (χ0) is 15.6. The first-order valence-corrected chi connectivity index (χ1v) is 8.04. The molecule has 2 unspecified atom stereocenters. The van der Waals surface area contributed by atoms with E-state index in [1.807, 2.05) is 6.07 Å². The lowest BCUT2D eigenvalue weighted by atomic mass is 9.88. The quantitative estimate of drug-likeness (QED) is 0.898. The Morgan fingerprint density at radius 3 is 2.57 bits per heavy atom. The second-order valence-electron chi connectivity index (χ2n) is 7.57. The number of hydrogen-bond acceptors (Lipinski definition) is 2. The monoisotopic (exact) mass is 292 g/mol. The summed E-state index contributed by atoms with van der Waals surface area (Å²) in [6.45, 7) is 13.9. The number of hydrogen-bond donors (Lipinski definition) is 1. The van der Waals surface area contributed by atoms with Gasteiger partial charge in [-0.2, -0.15) is 0 Å². The van der Waals surface area contributed by atoms with Crippen LogP contribution >= 0.6 is 0 Å². The predicted molar refractivity (Wildman–Crippen MR) is 88.2 cm³/mol. The molecule has 1 heterocycles. The minimum atomic E-state index is -0.150. The van der Waals surface area contributed by atoms with Crippen LogP contribution in [-0.2, 0) is 6.54 Å². The molecule has 3 heteroatoms. The number of rotatable bonds is 3. The summed E-state index contributed by atoms with van der Waals surface area (Å²) in [6.07, 6.45) is 1.21. The minimum Gasteiger partial charge on any atom is -0.371 e. The summed E-state index contributed by atoms with van der Waals surface area (Å²) in [5.41, 5.74) is 2.28. The van der Waals surface area contributed by atoms with Crippen molar-refractivity contribution < 1.29 is 4.39 Å². The van der Waals surface area contributed by atoms with E-state index < -0.39 is 0 Å². The summed E-state index contributed by atoms with van der Waals surface area (Å²) < 4.78 is 13.6. The van der Waals surface area contributed by atoms with Crippen molar-refractivity contribution in [1.82, 2.24) is 5.32 Å². The normalized spacial score (nSPS) is 23.4. The van der Waals surface area contributed by atoms with Gasteiger partial charge in [0.15, 0.2) is 0 Å². The zero-order valence-corrected chi connectivity index (χ0v) is 14.0. The van der Waals surface area contributed by atoms with Gasteiger partial charge in [-0.15, -0.1) is 0 Å². The maximum atomic E-state index is 13.6. The van der Waals surface area contributed by atoms with Gasteiger partial charge in [-0.1, -0.05) is 13.8 Å². The number of anilines is 1. The van der Waals surface area contributed by atoms with Crippen molar-refractivity contribution in [3.05, 3.63) is 29.6 Å². The van der Waals surface area contributed by atoms with Crippen molar-refractivity contribution in [1.29, 1.82) is 0 Å². The summed E-state index contributed by atoms with van der Waals surface area (Å²) in [6, 6.07) is 5.20. The predicted octanol–water partition coefficient (Wildman–Crippen LogP) is 4.20. The third-order valence-electron chi connectivity index (χ3n) is 4.53. The van der Waals surface area contributed by atoms with Gasteiger partial charge in [0.2, 0.25) is 0 Å². The maximum absolute atomic E-state index is 13.6. The van der Waals surface area contributed by atoms with E-state index >= 15 is 0 Å². The van der Waals surface area contributed by atoms with Crippen LogP contribution in [0.1, 0.15) is 46.6 Å². The fourth-order valence-electron chi connectivity index (χ4n) is 2.85. The van der Waals surface area contributed by atoms with Crippen LogP contribution in [-0.4, -0.2) is 18.6 Å². The van der Waals surface area contributed by atoms with E-state index in [0.29, 0.717) is 12.5 Å². The Balaban J connectivity index is 2.18. The molecule has 0 bridgehead atoms. The van der Waals surface area contributed by atoms with E-state index in [2.05, 4.69) is 44.8 Å². The average Bonchev–Trinajstić information content (AvgIpc) is 2.39. The third kappa shape index (κ3) is 4.44. The van der Waals surface area contributed by atoms with Crippen molar-refractivity contribution in [2.45, 2.75) is 53.1 Å². The Morgan fingerprint density at radius 2 is 1.95 bits per heavy atom. The Kier molecular flexibility index (Phi) is 4.92.